The standard InChI is InChI=1S/C15H20N2O3/c1-11-9-15(17(5-7-18)6-8-19)13-10-12(20-2)3-4-14(13)16-11/h3-4,9-10,18-19H,5-8H2,1-2H3. The van der Waals surface area contributed by atoms with Crippen LogP contribution in [0.25, 0.3) is 10.9 Å². The highest BCUT2D eigenvalue weighted by atomic mass is 16.5. The van der Waals surface area contributed by atoms with Crippen molar-refractivity contribution in [3.8, 4) is 5.75 Å². The first kappa shape index (κ1) is 14.6. The summed E-state index contributed by atoms with van der Waals surface area (Å²) in [6.07, 6.45) is 0. The van der Waals surface area contributed by atoms with Crippen molar-refractivity contribution >= 4 is 16.6 Å². The molecule has 0 bridgehead atoms. The number of nitrogens with zero attached hydrogens (tertiary/aromatic N) is 2. The highest BCUT2D eigenvalue weighted by Crippen LogP contribution is 2.29. The average Bonchev–Trinajstić information content (AvgIpc) is 2.45. The molecule has 1 aromatic carbocycles. The third kappa shape index (κ3) is 3.00. The number of aryl methyl sites for hydroxylation is 1. The van der Waals surface area contributed by atoms with Gasteiger partial charge in [0.1, 0.15) is 5.75 Å². The molecular formula is C15H20N2O3. The Kier molecular flexibility index (Phi) is 4.76. The molecule has 0 radical (unpaired) electrons. The fourth-order valence-corrected chi connectivity index (χ4v) is 2.30. The molecule has 0 fully saturated rings. The summed E-state index contributed by atoms with van der Waals surface area (Å²) in [5.74, 6) is 0.761. The molecule has 0 amide bonds. The number of ether oxygens (including phenoxy) is 1. The number of aliphatic hydroxyl groups is 2. The Labute approximate surface area is 118 Å². The Hall–Kier alpha value is -1.85. The van der Waals surface area contributed by atoms with Crippen LogP contribution in [-0.2, 0) is 0 Å². The second-order valence-corrected chi connectivity index (χ2v) is 4.60. The first-order valence-electron chi connectivity index (χ1n) is 6.61. The van der Waals surface area contributed by atoms with E-state index >= 15 is 0 Å². The van der Waals surface area contributed by atoms with E-state index in [4.69, 9.17) is 4.74 Å². The van der Waals surface area contributed by atoms with E-state index in [0.717, 1.165) is 28.0 Å². The molecule has 0 spiro atoms. The van der Waals surface area contributed by atoms with Crippen molar-refractivity contribution in [1.82, 2.24) is 4.98 Å². The molecule has 1 aromatic heterocycles. The minimum atomic E-state index is 0.0346. The van der Waals surface area contributed by atoms with Crippen molar-refractivity contribution in [2.45, 2.75) is 6.92 Å². The van der Waals surface area contributed by atoms with Gasteiger partial charge in [-0.25, -0.2) is 0 Å². The monoisotopic (exact) mass is 276 g/mol. The highest BCUT2D eigenvalue weighted by Gasteiger charge is 2.12. The van der Waals surface area contributed by atoms with Gasteiger partial charge in [-0.05, 0) is 31.2 Å². The van der Waals surface area contributed by atoms with Crippen molar-refractivity contribution < 1.29 is 14.9 Å². The number of fused-ring (bicyclic) bond motifs is 1. The summed E-state index contributed by atoms with van der Waals surface area (Å²) in [4.78, 5) is 6.46. The molecule has 5 nitrogen and oxygen atoms in total. The molecule has 0 aliphatic heterocycles. The van der Waals surface area contributed by atoms with Crippen molar-refractivity contribution in [2.75, 3.05) is 38.3 Å². The van der Waals surface area contributed by atoms with Crippen LogP contribution in [0.1, 0.15) is 5.69 Å². The normalized spacial score (nSPS) is 10.8. The molecular weight excluding hydrogens is 256 g/mol. The second kappa shape index (κ2) is 6.54. The third-order valence-electron chi connectivity index (χ3n) is 3.20. The third-order valence-corrected chi connectivity index (χ3v) is 3.20. The van der Waals surface area contributed by atoms with Crippen LogP contribution in [-0.4, -0.2) is 48.6 Å². The molecule has 0 aliphatic carbocycles. The Morgan fingerprint density at radius 3 is 2.45 bits per heavy atom. The number of hydrogen-bond donors (Lipinski definition) is 2. The number of methoxy groups -OCH3 is 1. The van der Waals surface area contributed by atoms with E-state index in [1.807, 2.05) is 36.1 Å². The number of anilines is 1. The van der Waals surface area contributed by atoms with E-state index < -0.39 is 0 Å². The molecule has 0 aliphatic rings. The van der Waals surface area contributed by atoms with E-state index in [-0.39, 0.29) is 13.2 Å². The maximum Gasteiger partial charge on any atom is 0.119 e. The second-order valence-electron chi connectivity index (χ2n) is 4.60. The van der Waals surface area contributed by atoms with Crippen LogP contribution in [0.3, 0.4) is 0 Å². The number of rotatable bonds is 6. The lowest BCUT2D eigenvalue weighted by atomic mass is 10.1. The van der Waals surface area contributed by atoms with Gasteiger partial charge in [0.15, 0.2) is 0 Å². The van der Waals surface area contributed by atoms with Crippen molar-refractivity contribution in [1.29, 1.82) is 0 Å². The molecule has 0 saturated carbocycles. The topological polar surface area (TPSA) is 65.8 Å². The summed E-state index contributed by atoms with van der Waals surface area (Å²) in [6, 6.07) is 7.69. The fraction of sp³-hybridized carbons (Fsp3) is 0.400. The van der Waals surface area contributed by atoms with E-state index in [1.165, 1.54) is 0 Å². The van der Waals surface area contributed by atoms with Gasteiger partial charge in [0.2, 0.25) is 0 Å². The predicted molar refractivity (Wildman–Crippen MR) is 79.4 cm³/mol. The smallest absolute Gasteiger partial charge is 0.119 e. The van der Waals surface area contributed by atoms with Crippen molar-refractivity contribution in [2.24, 2.45) is 0 Å². The maximum absolute atomic E-state index is 9.20. The summed E-state index contributed by atoms with van der Waals surface area (Å²) in [7, 11) is 1.63. The first-order chi connectivity index (χ1) is 9.69. The zero-order valence-corrected chi connectivity index (χ0v) is 11.8. The number of hydrogen-bond acceptors (Lipinski definition) is 5. The largest absolute Gasteiger partial charge is 0.497 e. The molecule has 0 saturated heterocycles. The molecule has 2 N–H and O–H groups in total. The SMILES string of the molecule is COc1ccc2nc(C)cc(N(CCO)CCO)c2c1. The summed E-state index contributed by atoms with van der Waals surface area (Å²) in [5.41, 5.74) is 2.73. The number of pyridine rings is 1. The van der Waals surface area contributed by atoms with Crippen molar-refractivity contribution in [3.05, 3.63) is 30.0 Å². The highest BCUT2D eigenvalue weighted by molar-refractivity contribution is 5.93. The van der Waals surface area contributed by atoms with E-state index in [0.29, 0.717) is 13.1 Å². The summed E-state index contributed by atoms with van der Waals surface area (Å²) in [6.45, 7) is 2.94. The average molecular weight is 276 g/mol. The lowest BCUT2D eigenvalue weighted by Gasteiger charge is -2.25. The zero-order chi connectivity index (χ0) is 14.5. The number of benzene rings is 1. The lowest BCUT2D eigenvalue weighted by Crippen LogP contribution is -2.30. The summed E-state index contributed by atoms with van der Waals surface area (Å²) < 4.78 is 5.26. The minimum absolute atomic E-state index is 0.0346. The van der Waals surface area contributed by atoms with Gasteiger partial charge in [-0.3, -0.25) is 4.98 Å². The van der Waals surface area contributed by atoms with E-state index in [9.17, 15) is 10.2 Å². The van der Waals surface area contributed by atoms with Gasteiger partial charge in [-0.2, -0.15) is 0 Å². The van der Waals surface area contributed by atoms with E-state index in [2.05, 4.69) is 4.98 Å². The van der Waals surface area contributed by atoms with Crippen LogP contribution in [0.2, 0.25) is 0 Å². The first-order valence-corrected chi connectivity index (χ1v) is 6.61. The molecule has 2 aromatic rings. The Balaban J connectivity index is 2.58. The van der Waals surface area contributed by atoms with Crippen LogP contribution in [0.5, 0.6) is 5.75 Å². The summed E-state index contributed by atoms with van der Waals surface area (Å²) >= 11 is 0. The molecule has 108 valence electrons. The van der Waals surface area contributed by atoms with Crippen LogP contribution in [0.4, 0.5) is 5.69 Å². The van der Waals surface area contributed by atoms with Crippen molar-refractivity contribution in [3.63, 3.8) is 0 Å². The van der Waals surface area contributed by atoms with Crippen LogP contribution in [0, 0.1) is 6.92 Å². The predicted octanol–water partition coefficient (Wildman–Crippen LogP) is 1.34. The zero-order valence-electron chi connectivity index (χ0n) is 11.8. The molecule has 5 heteroatoms. The molecule has 0 atom stereocenters. The lowest BCUT2D eigenvalue weighted by molar-refractivity contribution is 0.281. The fourth-order valence-electron chi connectivity index (χ4n) is 2.30. The van der Waals surface area contributed by atoms with Gasteiger partial charge < -0.3 is 19.8 Å². The van der Waals surface area contributed by atoms with Gasteiger partial charge in [-0.15, -0.1) is 0 Å². The molecule has 1 heterocycles. The molecule has 20 heavy (non-hydrogen) atoms. The van der Waals surface area contributed by atoms with Gasteiger partial charge in [-0.1, -0.05) is 0 Å². The molecule has 2 rings (SSSR count). The van der Waals surface area contributed by atoms with Crippen LogP contribution >= 0.6 is 0 Å². The minimum Gasteiger partial charge on any atom is -0.497 e. The van der Waals surface area contributed by atoms with Crippen LogP contribution in [0.15, 0.2) is 24.3 Å². The quantitative estimate of drug-likeness (QED) is 0.833. The molecule has 0 unspecified atom stereocenters. The Morgan fingerprint density at radius 2 is 1.85 bits per heavy atom. The Morgan fingerprint density at radius 1 is 1.15 bits per heavy atom. The van der Waals surface area contributed by atoms with Gasteiger partial charge in [0.25, 0.3) is 0 Å². The Bertz CT molecular complexity index is 581. The van der Waals surface area contributed by atoms with Gasteiger partial charge in [0.05, 0.1) is 25.8 Å². The van der Waals surface area contributed by atoms with Gasteiger partial charge in [0, 0.05) is 29.9 Å². The van der Waals surface area contributed by atoms with E-state index in [1.54, 1.807) is 7.11 Å². The van der Waals surface area contributed by atoms with Gasteiger partial charge >= 0.3 is 0 Å². The maximum atomic E-state index is 9.20. The number of aromatic nitrogens is 1. The number of aliphatic hydroxyl groups excluding tert-OH is 2. The van der Waals surface area contributed by atoms with Crippen LogP contribution < -0.4 is 9.64 Å². The summed E-state index contributed by atoms with van der Waals surface area (Å²) in [5, 5.41) is 19.4.